The van der Waals surface area contributed by atoms with Gasteiger partial charge in [-0.3, -0.25) is 0 Å². The van der Waals surface area contributed by atoms with E-state index >= 15 is 0 Å². The molecule has 0 aliphatic carbocycles. The fourth-order valence-electron chi connectivity index (χ4n) is 1.28. The molecule has 3 nitrogen and oxygen atoms in total. The number of unbranched alkanes of at least 4 members (excludes halogenated alkanes) is 1. The van der Waals surface area contributed by atoms with Crippen LogP contribution < -0.4 is 0 Å². The maximum absolute atomic E-state index is 5.92. The molecule has 0 atom stereocenters. The minimum atomic E-state index is 0.571. The van der Waals surface area contributed by atoms with Crippen LogP contribution in [0.1, 0.15) is 38.8 Å². The first-order valence-corrected chi connectivity index (χ1v) is 5.25. The second-order valence-corrected chi connectivity index (χ2v) is 3.51. The van der Waals surface area contributed by atoms with Crippen LogP contribution >= 0.6 is 11.6 Å². The summed E-state index contributed by atoms with van der Waals surface area (Å²) in [6.45, 7) is 5.21. The van der Waals surface area contributed by atoms with Gasteiger partial charge in [-0.1, -0.05) is 37.1 Å². The summed E-state index contributed by atoms with van der Waals surface area (Å²) in [5.74, 6) is 0. The smallest absolute Gasteiger partial charge is 0.174 e. The zero-order valence-corrected chi connectivity index (χ0v) is 9.01. The van der Waals surface area contributed by atoms with E-state index in [9.17, 15) is 0 Å². The van der Waals surface area contributed by atoms with Crippen LogP contribution in [0.2, 0.25) is 5.15 Å². The van der Waals surface area contributed by atoms with Crippen molar-refractivity contribution >= 4 is 11.6 Å². The van der Waals surface area contributed by atoms with Crippen molar-refractivity contribution in [3.8, 4) is 0 Å². The van der Waals surface area contributed by atoms with Crippen LogP contribution in [-0.2, 0) is 13.0 Å². The first-order valence-electron chi connectivity index (χ1n) is 4.87. The quantitative estimate of drug-likeness (QED) is 0.734. The van der Waals surface area contributed by atoms with Gasteiger partial charge in [0.25, 0.3) is 0 Å². The summed E-state index contributed by atoms with van der Waals surface area (Å²) in [6.07, 6.45) is 4.38. The molecule has 13 heavy (non-hydrogen) atoms. The number of halogens is 1. The first-order chi connectivity index (χ1) is 6.29. The Morgan fingerprint density at radius 2 is 2.08 bits per heavy atom. The Labute approximate surface area is 84.1 Å². The summed E-state index contributed by atoms with van der Waals surface area (Å²) in [4.78, 5) is 0. The molecule has 0 bridgehead atoms. The Morgan fingerprint density at radius 1 is 1.31 bits per heavy atom. The van der Waals surface area contributed by atoms with Crippen LogP contribution in [0.4, 0.5) is 0 Å². The van der Waals surface area contributed by atoms with Crippen LogP contribution in [0.3, 0.4) is 0 Å². The minimum absolute atomic E-state index is 0.571. The Hall–Kier alpha value is -0.570. The van der Waals surface area contributed by atoms with E-state index in [1.54, 1.807) is 0 Å². The molecule has 0 unspecified atom stereocenters. The van der Waals surface area contributed by atoms with Gasteiger partial charge in [-0.25, -0.2) is 4.68 Å². The molecule has 1 aromatic heterocycles. The normalized spacial score (nSPS) is 10.7. The standard InChI is InChI=1S/C9H16ClN3/c1-3-5-6-8-9(10)11-12-13(8)7-4-2/h3-7H2,1-2H3. The van der Waals surface area contributed by atoms with Gasteiger partial charge in [0, 0.05) is 6.54 Å². The molecule has 0 saturated carbocycles. The molecule has 0 aliphatic rings. The molecule has 0 aromatic carbocycles. The lowest BCUT2D eigenvalue weighted by Gasteiger charge is -2.03. The van der Waals surface area contributed by atoms with Gasteiger partial charge in [-0.2, -0.15) is 0 Å². The van der Waals surface area contributed by atoms with E-state index in [4.69, 9.17) is 11.6 Å². The molecule has 1 heterocycles. The molecule has 0 fully saturated rings. The monoisotopic (exact) mass is 201 g/mol. The van der Waals surface area contributed by atoms with Gasteiger partial charge < -0.3 is 0 Å². The maximum Gasteiger partial charge on any atom is 0.174 e. The predicted molar refractivity (Wildman–Crippen MR) is 53.9 cm³/mol. The fourth-order valence-corrected chi connectivity index (χ4v) is 1.51. The molecule has 0 saturated heterocycles. The van der Waals surface area contributed by atoms with Gasteiger partial charge in [-0.15, -0.1) is 5.10 Å². The van der Waals surface area contributed by atoms with Gasteiger partial charge in [-0.05, 0) is 19.3 Å². The highest BCUT2D eigenvalue weighted by atomic mass is 35.5. The van der Waals surface area contributed by atoms with Crippen molar-refractivity contribution in [2.75, 3.05) is 0 Å². The highest BCUT2D eigenvalue weighted by Gasteiger charge is 2.08. The fraction of sp³-hybridized carbons (Fsp3) is 0.778. The summed E-state index contributed by atoms with van der Waals surface area (Å²) in [5, 5.41) is 8.43. The second-order valence-electron chi connectivity index (χ2n) is 3.15. The average molecular weight is 202 g/mol. The molecule has 0 spiro atoms. The van der Waals surface area contributed by atoms with Crippen molar-refractivity contribution in [1.29, 1.82) is 0 Å². The summed E-state index contributed by atoms with van der Waals surface area (Å²) >= 11 is 5.92. The zero-order chi connectivity index (χ0) is 9.68. The summed E-state index contributed by atoms with van der Waals surface area (Å²) in [7, 11) is 0. The van der Waals surface area contributed by atoms with E-state index in [1.165, 1.54) is 6.42 Å². The third-order valence-electron chi connectivity index (χ3n) is 1.99. The zero-order valence-electron chi connectivity index (χ0n) is 8.26. The van der Waals surface area contributed by atoms with Crippen molar-refractivity contribution in [2.24, 2.45) is 0 Å². The van der Waals surface area contributed by atoms with Crippen molar-refractivity contribution in [3.05, 3.63) is 10.8 Å². The molecule has 74 valence electrons. The Balaban J connectivity index is 2.69. The topological polar surface area (TPSA) is 30.7 Å². The SMILES string of the molecule is CCCCc1c(Cl)nnn1CCC. The van der Waals surface area contributed by atoms with Crippen molar-refractivity contribution < 1.29 is 0 Å². The number of rotatable bonds is 5. The number of aromatic nitrogens is 3. The summed E-state index contributed by atoms with van der Waals surface area (Å²) < 4.78 is 1.91. The van der Waals surface area contributed by atoms with Gasteiger partial charge >= 0.3 is 0 Å². The Kier molecular flexibility index (Phi) is 4.22. The third-order valence-corrected chi connectivity index (χ3v) is 2.29. The van der Waals surface area contributed by atoms with Crippen LogP contribution in [-0.4, -0.2) is 15.0 Å². The predicted octanol–water partition coefficient (Wildman–Crippen LogP) is 2.68. The van der Waals surface area contributed by atoms with Gasteiger partial charge in [0.1, 0.15) is 0 Å². The van der Waals surface area contributed by atoms with Crippen LogP contribution in [0.5, 0.6) is 0 Å². The Bertz CT molecular complexity index is 257. The molecule has 4 heteroatoms. The van der Waals surface area contributed by atoms with Crippen LogP contribution in [0.25, 0.3) is 0 Å². The lowest BCUT2D eigenvalue weighted by molar-refractivity contribution is 0.549. The van der Waals surface area contributed by atoms with Crippen LogP contribution in [0.15, 0.2) is 0 Å². The van der Waals surface area contributed by atoms with E-state index in [0.29, 0.717) is 5.15 Å². The van der Waals surface area contributed by atoms with Crippen molar-refractivity contribution in [3.63, 3.8) is 0 Å². The summed E-state index contributed by atoms with van der Waals surface area (Å²) in [6, 6.07) is 0. The molecular formula is C9H16ClN3. The number of hydrogen-bond donors (Lipinski definition) is 0. The molecule has 0 amide bonds. The number of nitrogens with zero attached hydrogens (tertiary/aromatic N) is 3. The highest BCUT2D eigenvalue weighted by molar-refractivity contribution is 6.29. The molecular weight excluding hydrogens is 186 g/mol. The van der Waals surface area contributed by atoms with Gasteiger partial charge in [0.2, 0.25) is 0 Å². The van der Waals surface area contributed by atoms with Crippen LogP contribution in [0, 0.1) is 0 Å². The Morgan fingerprint density at radius 3 is 2.69 bits per heavy atom. The largest absolute Gasteiger partial charge is 0.248 e. The number of aryl methyl sites for hydroxylation is 1. The second kappa shape index (κ2) is 5.22. The van der Waals surface area contributed by atoms with Gasteiger partial charge in [0.05, 0.1) is 5.69 Å². The molecule has 0 N–H and O–H groups in total. The lowest BCUT2D eigenvalue weighted by atomic mass is 10.2. The molecule has 0 radical (unpaired) electrons. The van der Waals surface area contributed by atoms with Gasteiger partial charge in [0.15, 0.2) is 5.15 Å². The molecule has 1 aromatic rings. The van der Waals surface area contributed by atoms with E-state index in [1.807, 2.05) is 4.68 Å². The average Bonchev–Trinajstić information content (AvgIpc) is 2.45. The van der Waals surface area contributed by atoms with E-state index in [-0.39, 0.29) is 0 Å². The van der Waals surface area contributed by atoms with E-state index in [0.717, 1.165) is 31.5 Å². The van der Waals surface area contributed by atoms with E-state index in [2.05, 4.69) is 24.2 Å². The van der Waals surface area contributed by atoms with E-state index < -0.39 is 0 Å². The molecule has 0 aliphatic heterocycles. The minimum Gasteiger partial charge on any atom is -0.248 e. The van der Waals surface area contributed by atoms with Crippen molar-refractivity contribution in [2.45, 2.75) is 46.1 Å². The molecule has 1 rings (SSSR count). The summed E-state index contributed by atoms with van der Waals surface area (Å²) in [5.41, 5.74) is 1.09. The first kappa shape index (κ1) is 10.5. The number of hydrogen-bond acceptors (Lipinski definition) is 2. The third kappa shape index (κ3) is 2.69. The highest BCUT2D eigenvalue weighted by Crippen LogP contribution is 2.14. The lowest BCUT2D eigenvalue weighted by Crippen LogP contribution is -2.04. The van der Waals surface area contributed by atoms with Crippen molar-refractivity contribution in [1.82, 2.24) is 15.0 Å². The maximum atomic E-state index is 5.92.